The van der Waals surface area contributed by atoms with Crippen LogP contribution in [0.1, 0.15) is 53.4 Å². The van der Waals surface area contributed by atoms with E-state index in [1.807, 2.05) is 4.90 Å². The molecule has 3 heteroatoms. The van der Waals surface area contributed by atoms with Crippen molar-refractivity contribution in [2.45, 2.75) is 59.4 Å². The Morgan fingerprint density at radius 3 is 2.59 bits per heavy atom. The van der Waals surface area contributed by atoms with E-state index in [2.05, 4.69) is 27.7 Å². The standard InChI is InChI=1S/C14H28N2O/c1-5-12(15)10-16-9-8-11(14(2,3)4)6-7-13(16)17/h11-12H,5-10,15H2,1-4H3. The number of rotatable bonds is 3. The lowest BCUT2D eigenvalue weighted by Gasteiger charge is -2.30. The molecule has 100 valence electrons. The highest BCUT2D eigenvalue weighted by molar-refractivity contribution is 5.76. The molecular formula is C14H28N2O. The average molecular weight is 240 g/mol. The molecule has 2 unspecified atom stereocenters. The SMILES string of the molecule is CCC(N)CN1CCC(C(C)(C)C)CCC1=O. The van der Waals surface area contributed by atoms with Crippen molar-refractivity contribution in [3.8, 4) is 0 Å². The minimum atomic E-state index is 0.130. The predicted octanol–water partition coefficient (Wildman–Crippen LogP) is 2.40. The minimum Gasteiger partial charge on any atom is -0.341 e. The van der Waals surface area contributed by atoms with E-state index in [1.165, 1.54) is 0 Å². The van der Waals surface area contributed by atoms with Gasteiger partial charge in [0.2, 0.25) is 5.91 Å². The second-order valence-corrected chi connectivity index (χ2v) is 6.40. The molecule has 1 rings (SSSR count). The van der Waals surface area contributed by atoms with Gasteiger partial charge in [-0.1, -0.05) is 27.7 Å². The first-order valence-electron chi connectivity index (χ1n) is 6.88. The normalized spacial score (nSPS) is 24.6. The van der Waals surface area contributed by atoms with Gasteiger partial charge in [-0.3, -0.25) is 4.79 Å². The minimum absolute atomic E-state index is 0.130. The number of nitrogens with zero attached hydrogens (tertiary/aromatic N) is 1. The molecular weight excluding hydrogens is 212 g/mol. The van der Waals surface area contributed by atoms with Crippen molar-refractivity contribution in [2.24, 2.45) is 17.1 Å². The van der Waals surface area contributed by atoms with E-state index in [-0.39, 0.29) is 6.04 Å². The van der Waals surface area contributed by atoms with Crippen LogP contribution in [0.15, 0.2) is 0 Å². The second-order valence-electron chi connectivity index (χ2n) is 6.40. The largest absolute Gasteiger partial charge is 0.341 e. The Hall–Kier alpha value is -0.570. The first-order chi connectivity index (χ1) is 7.84. The molecule has 0 aromatic carbocycles. The lowest BCUT2D eigenvalue weighted by atomic mass is 9.77. The van der Waals surface area contributed by atoms with Gasteiger partial charge in [-0.05, 0) is 30.6 Å². The number of nitrogens with two attached hydrogens (primary N) is 1. The molecule has 1 heterocycles. The highest BCUT2D eigenvalue weighted by atomic mass is 16.2. The first-order valence-corrected chi connectivity index (χ1v) is 6.88. The summed E-state index contributed by atoms with van der Waals surface area (Å²) in [5.74, 6) is 0.940. The summed E-state index contributed by atoms with van der Waals surface area (Å²) in [5, 5.41) is 0. The summed E-state index contributed by atoms with van der Waals surface area (Å²) in [6, 6.07) is 0.130. The maximum absolute atomic E-state index is 12.0. The van der Waals surface area contributed by atoms with Crippen LogP contribution in [-0.2, 0) is 4.79 Å². The van der Waals surface area contributed by atoms with E-state index in [9.17, 15) is 4.79 Å². The van der Waals surface area contributed by atoms with E-state index in [0.29, 0.717) is 23.7 Å². The maximum Gasteiger partial charge on any atom is 0.222 e. The Morgan fingerprint density at radius 2 is 2.06 bits per heavy atom. The predicted molar refractivity (Wildman–Crippen MR) is 71.6 cm³/mol. The second kappa shape index (κ2) is 5.85. The topological polar surface area (TPSA) is 46.3 Å². The highest BCUT2D eigenvalue weighted by Gasteiger charge is 2.30. The zero-order chi connectivity index (χ0) is 13.1. The van der Waals surface area contributed by atoms with Crippen LogP contribution in [0.4, 0.5) is 0 Å². The van der Waals surface area contributed by atoms with Gasteiger partial charge in [-0.25, -0.2) is 0 Å². The van der Waals surface area contributed by atoms with Crippen LogP contribution in [0, 0.1) is 11.3 Å². The summed E-state index contributed by atoms with van der Waals surface area (Å²) in [6.07, 6.45) is 3.77. The fraction of sp³-hybridized carbons (Fsp3) is 0.929. The van der Waals surface area contributed by atoms with Crippen LogP contribution in [0.5, 0.6) is 0 Å². The molecule has 2 N–H and O–H groups in total. The Labute approximate surface area is 106 Å². The quantitative estimate of drug-likeness (QED) is 0.823. The van der Waals surface area contributed by atoms with Crippen LogP contribution >= 0.6 is 0 Å². The number of carbonyl (C=O) groups excluding carboxylic acids is 1. The number of likely N-dealkylation sites (tertiary alicyclic amines) is 1. The van der Waals surface area contributed by atoms with Crippen molar-refractivity contribution in [1.82, 2.24) is 4.90 Å². The van der Waals surface area contributed by atoms with Crippen LogP contribution in [-0.4, -0.2) is 29.9 Å². The van der Waals surface area contributed by atoms with Gasteiger partial charge in [-0.15, -0.1) is 0 Å². The molecule has 0 aromatic heterocycles. The third-order valence-electron chi connectivity index (χ3n) is 4.01. The van der Waals surface area contributed by atoms with Crippen LogP contribution in [0.3, 0.4) is 0 Å². The summed E-state index contributed by atoms with van der Waals surface area (Å²) in [7, 11) is 0. The van der Waals surface area contributed by atoms with E-state index in [0.717, 1.165) is 32.4 Å². The fourth-order valence-electron chi connectivity index (χ4n) is 2.51. The number of hydrogen-bond acceptors (Lipinski definition) is 2. The molecule has 17 heavy (non-hydrogen) atoms. The molecule has 2 atom stereocenters. The van der Waals surface area contributed by atoms with Crippen molar-refractivity contribution in [2.75, 3.05) is 13.1 Å². The summed E-state index contributed by atoms with van der Waals surface area (Å²) in [4.78, 5) is 14.0. The number of hydrogen-bond donors (Lipinski definition) is 1. The van der Waals surface area contributed by atoms with Gasteiger partial charge >= 0.3 is 0 Å². The lowest BCUT2D eigenvalue weighted by Crippen LogP contribution is -2.40. The Bertz CT molecular complexity index is 257. The maximum atomic E-state index is 12.0. The average Bonchev–Trinajstić information content (AvgIpc) is 2.41. The van der Waals surface area contributed by atoms with E-state index in [1.54, 1.807) is 0 Å². The molecule has 0 saturated carbocycles. The highest BCUT2D eigenvalue weighted by Crippen LogP contribution is 2.34. The molecule has 1 aliphatic rings. The third-order valence-corrected chi connectivity index (χ3v) is 4.01. The number of amides is 1. The monoisotopic (exact) mass is 240 g/mol. The molecule has 1 fully saturated rings. The molecule has 0 bridgehead atoms. The summed E-state index contributed by atoms with van der Waals surface area (Å²) >= 11 is 0. The summed E-state index contributed by atoms with van der Waals surface area (Å²) in [5.41, 5.74) is 6.25. The van der Waals surface area contributed by atoms with Gasteiger partial charge in [0.25, 0.3) is 0 Å². The fourth-order valence-corrected chi connectivity index (χ4v) is 2.51. The molecule has 1 amide bonds. The van der Waals surface area contributed by atoms with Crippen molar-refractivity contribution in [3.63, 3.8) is 0 Å². The Kier molecular flexibility index (Phi) is 4.99. The van der Waals surface area contributed by atoms with E-state index < -0.39 is 0 Å². The number of carbonyl (C=O) groups is 1. The van der Waals surface area contributed by atoms with Crippen molar-refractivity contribution < 1.29 is 4.79 Å². The van der Waals surface area contributed by atoms with Crippen molar-refractivity contribution in [1.29, 1.82) is 0 Å². The molecule has 0 spiro atoms. The van der Waals surface area contributed by atoms with Crippen molar-refractivity contribution in [3.05, 3.63) is 0 Å². The third kappa shape index (κ3) is 4.30. The molecule has 0 aliphatic carbocycles. The van der Waals surface area contributed by atoms with Crippen LogP contribution in [0.25, 0.3) is 0 Å². The smallest absolute Gasteiger partial charge is 0.222 e. The van der Waals surface area contributed by atoms with Gasteiger partial charge < -0.3 is 10.6 Å². The van der Waals surface area contributed by atoms with Crippen LogP contribution < -0.4 is 5.73 Å². The van der Waals surface area contributed by atoms with Crippen LogP contribution in [0.2, 0.25) is 0 Å². The first kappa shape index (κ1) is 14.5. The van der Waals surface area contributed by atoms with Crippen molar-refractivity contribution >= 4 is 5.91 Å². The Balaban J connectivity index is 2.58. The summed E-state index contributed by atoms with van der Waals surface area (Å²) < 4.78 is 0. The van der Waals surface area contributed by atoms with Gasteiger partial charge in [0.15, 0.2) is 0 Å². The van der Waals surface area contributed by atoms with Gasteiger partial charge in [0.1, 0.15) is 0 Å². The molecule has 3 nitrogen and oxygen atoms in total. The Morgan fingerprint density at radius 1 is 1.41 bits per heavy atom. The summed E-state index contributed by atoms with van der Waals surface area (Å²) in [6.45, 7) is 10.5. The molecule has 0 aromatic rings. The molecule has 1 saturated heterocycles. The zero-order valence-corrected chi connectivity index (χ0v) is 11.8. The molecule has 0 radical (unpaired) electrons. The van der Waals surface area contributed by atoms with Gasteiger partial charge in [-0.2, -0.15) is 0 Å². The molecule has 1 aliphatic heterocycles. The lowest BCUT2D eigenvalue weighted by molar-refractivity contribution is -0.130. The van der Waals surface area contributed by atoms with E-state index in [4.69, 9.17) is 5.73 Å². The van der Waals surface area contributed by atoms with Gasteiger partial charge in [0.05, 0.1) is 0 Å². The van der Waals surface area contributed by atoms with E-state index >= 15 is 0 Å². The van der Waals surface area contributed by atoms with Gasteiger partial charge in [0, 0.05) is 25.6 Å². The zero-order valence-electron chi connectivity index (χ0n) is 11.8.